The summed E-state index contributed by atoms with van der Waals surface area (Å²) in [6.45, 7) is 5.20. The highest BCUT2D eigenvalue weighted by atomic mass is 32.2. The molecule has 3 aromatic rings. The number of nitrogens with zero attached hydrogens (tertiary/aromatic N) is 2. The number of hydrogen-bond donors (Lipinski definition) is 1. The van der Waals surface area contributed by atoms with Gasteiger partial charge >= 0.3 is 0 Å². The molecule has 8 heteroatoms. The molecule has 0 atom stereocenters. The lowest BCUT2D eigenvalue weighted by Gasteiger charge is -2.26. The third-order valence-corrected chi connectivity index (χ3v) is 7.03. The average Bonchev–Trinajstić information content (AvgIpc) is 2.80. The van der Waals surface area contributed by atoms with Gasteiger partial charge in [0.25, 0.3) is 15.9 Å². The van der Waals surface area contributed by atoms with Gasteiger partial charge in [-0.1, -0.05) is 29.8 Å². The fraction of sp³-hybridized carbons (Fsp3) is 0.200. The minimum atomic E-state index is -3.98. The zero-order valence-corrected chi connectivity index (χ0v) is 19.9. The van der Waals surface area contributed by atoms with Crippen LogP contribution in [0.2, 0.25) is 0 Å². The third-order valence-electron chi connectivity index (χ3n) is 5.26. The van der Waals surface area contributed by atoms with E-state index in [2.05, 4.69) is 10.5 Å². The van der Waals surface area contributed by atoms with Gasteiger partial charge < -0.3 is 4.74 Å². The molecule has 0 saturated heterocycles. The molecule has 0 aliphatic rings. The smallest absolute Gasteiger partial charge is 0.264 e. The molecule has 33 heavy (non-hydrogen) atoms. The van der Waals surface area contributed by atoms with Crippen molar-refractivity contribution < 1.29 is 17.9 Å². The zero-order chi connectivity index (χ0) is 24.0. The van der Waals surface area contributed by atoms with Gasteiger partial charge in [-0.15, -0.1) is 0 Å². The maximum absolute atomic E-state index is 13.5. The Kier molecular flexibility index (Phi) is 7.50. The van der Waals surface area contributed by atoms with Gasteiger partial charge in [0.15, 0.2) is 0 Å². The fourth-order valence-corrected chi connectivity index (χ4v) is 4.66. The molecule has 3 aromatic carbocycles. The Hall–Kier alpha value is -3.65. The van der Waals surface area contributed by atoms with Gasteiger partial charge in [0, 0.05) is 0 Å². The van der Waals surface area contributed by atoms with Crippen LogP contribution in [-0.4, -0.2) is 34.2 Å². The lowest BCUT2D eigenvalue weighted by Crippen LogP contribution is -2.40. The average molecular weight is 466 g/mol. The second kappa shape index (κ2) is 10.3. The summed E-state index contributed by atoms with van der Waals surface area (Å²) in [6.07, 6.45) is 1.48. The maximum atomic E-state index is 13.5. The van der Waals surface area contributed by atoms with Crippen LogP contribution < -0.4 is 14.5 Å². The standard InChI is InChI=1S/C25H27N3O4S/c1-18-8-14-23(15-9-18)33(30,31)28(24-7-5-6-19(2)20(24)3)17-25(29)27-26-16-21-10-12-22(32-4)13-11-21/h5-16H,17H2,1-4H3,(H,27,29)/b26-16-. The highest BCUT2D eigenvalue weighted by Crippen LogP contribution is 2.28. The van der Waals surface area contributed by atoms with Crippen LogP contribution in [0.5, 0.6) is 5.75 Å². The van der Waals surface area contributed by atoms with Crippen LogP contribution in [0.3, 0.4) is 0 Å². The Balaban J connectivity index is 1.86. The summed E-state index contributed by atoms with van der Waals surface area (Å²) in [4.78, 5) is 12.8. The van der Waals surface area contributed by atoms with E-state index in [1.807, 2.05) is 26.8 Å². The van der Waals surface area contributed by atoms with Crippen molar-refractivity contribution in [3.05, 3.63) is 89.0 Å². The van der Waals surface area contributed by atoms with E-state index in [1.54, 1.807) is 67.8 Å². The molecule has 0 heterocycles. The van der Waals surface area contributed by atoms with Crippen LogP contribution in [0.25, 0.3) is 0 Å². The lowest BCUT2D eigenvalue weighted by atomic mass is 10.1. The summed E-state index contributed by atoms with van der Waals surface area (Å²) in [6, 6.07) is 19.0. The minimum absolute atomic E-state index is 0.114. The van der Waals surface area contributed by atoms with Crippen molar-refractivity contribution in [3.63, 3.8) is 0 Å². The monoisotopic (exact) mass is 465 g/mol. The van der Waals surface area contributed by atoms with E-state index in [9.17, 15) is 13.2 Å². The number of nitrogens with one attached hydrogen (secondary N) is 1. The number of aryl methyl sites for hydroxylation is 2. The van der Waals surface area contributed by atoms with E-state index in [4.69, 9.17) is 4.74 Å². The number of ether oxygens (including phenoxy) is 1. The highest BCUT2D eigenvalue weighted by Gasteiger charge is 2.28. The summed E-state index contributed by atoms with van der Waals surface area (Å²) in [5.41, 5.74) is 6.28. The molecule has 0 fully saturated rings. The number of benzene rings is 3. The molecular weight excluding hydrogens is 438 g/mol. The first-order chi connectivity index (χ1) is 15.7. The number of methoxy groups -OCH3 is 1. The fourth-order valence-electron chi connectivity index (χ4n) is 3.18. The summed E-state index contributed by atoms with van der Waals surface area (Å²) >= 11 is 0. The molecular formula is C25H27N3O4S. The first-order valence-electron chi connectivity index (χ1n) is 10.3. The number of hydrazone groups is 1. The van der Waals surface area contributed by atoms with Crippen LogP contribution in [0.15, 0.2) is 76.7 Å². The predicted molar refractivity (Wildman–Crippen MR) is 130 cm³/mol. The van der Waals surface area contributed by atoms with Gasteiger partial charge in [-0.25, -0.2) is 13.8 Å². The number of hydrogen-bond acceptors (Lipinski definition) is 5. The number of sulfonamides is 1. The quantitative estimate of drug-likeness (QED) is 0.403. The number of carbonyl (C=O) groups is 1. The Morgan fingerprint density at radius 1 is 1.00 bits per heavy atom. The molecule has 1 amide bonds. The van der Waals surface area contributed by atoms with Crippen LogP contribution in [0.4, 0.5) is 5.69 Å². The largest absolute Gasteiger partial charge is 0.497 e. The third kappa shape index (κ3) is 5.78. The summed E-state index contributed by atoms with van der Waals surface area (Å²) < 4.78 is 33.2. The van der Waals surface area contributed by atoms with E-state index in [1.165, 1.54) is 6.21 Å². The number of amides is 1. The van der Waals surface area contributed by atoms with Crippen molar-refractivity contribution in [1.82, 2.24) is 5.43 Å². The Bertz CT molecular complexity index is 1250. The van der Waals surface area contributed by atoms with E-state index in [0.717, 1.165) is 26.6 Å². The topological polar surface area (TPSA) is 88.1 Å². The first-order valence-corrected chi connectivity index (χ1v) is 11.8. The van der Waals surface area contributed by atoms with Crippen LogP contribution in [0.1, 0.15) is 22.3 Å². The van der Waals surface area contributed by atoms with Crippen LogP contribution in [0, 0.1) is 20.8 Å². The van der Waals surface area contributed by atoms with Gasteiger partial charge in [0.05, 0.1) is 23.9 Å². The van der Waals surface area contributed by atoms with Gasteiger partial charge in [0.2, 0.25) is 0 Å². The van der Waals surface area contributed by atoms with Crippen LogP contribution >= 0.6 is 0 Å². The van der Waals surface area contributed by atoms with Gasteiger partial charge in [-0.3, -0.25) is 9.10 Å². The summed E-state index contributed by atoms with van der Waals surface area (Å²) in [5.74, 6) is 0.151. The molecule has 1 N–H and O–H groups in total. The van der Waals surface area contributed by atoms with Crippen molar-refractivity contribution in [2.24, 2.45) is 5.10 Å². The van der Waals surface area contributed by atoms with Gasteiger partial charge in [-0.2, -0.15) is 5.10 Å². The van der Waals surface area contributed by atoms with Crippen LogP contribution in [-0.2, 0) is 14.8 Å². The van der Waals surface area contributed by atoms with Crippen molar-refractivity contribution in [3.8, 4) is 5.75 Å². The molecule has 0 aromatic heterocycles. The zero-order valence-electron chi connectivity index (χ0n) is 19.1. The molecule has 0 unspecified atom stereocenters. The SMILES string of the molecule is COc1ccc(/C=N\NC(=O)CN(c2cccc(C)c2C)S(=O)(=O)c2ccc(C)cc2)cc1. The molecule has 7 nitrogen and oxygen atoms in total. The van der Waals surface area contributed by atoms with Crippen molar-refractivity contribution in [2.75, 3.05) is 18.0 Å². The van der Waals surface area contributed by atoms with E-state index in [-0.39, 0.29) is 4.90 Å². The second-order valence-corrected chi connectivity index (χ2v) is 9.47. The van der Waals surface area contributed by atoms with Gasteiger partial charge in [-0.05, 0) is 79.9 Å². The molecule has 0 radical (unpaired) electrons. The number of carbonyl (C=O) groups excluding carboxylic acids is 1. The number of rotatable bonds is 8. The molecule has 0 saturated carbocycles. The molecule has 0 aliphatic heterocycles. The maximum Gasteiger partial charge on any atom is 0.264 e. The molecule has 3 rings (SSSR count). The van der Waals surface area contributed by atoms with Crippen molar-refractivity contribution >= 4 is 27.8 Å². The molecule has 0 bridgehead atoms. The summed E-state index contributed by atoms with van der Waals surface area (Å²) in [7, 11) is -2.40. The van der Waals surface area contributed by atoms with E-state index >= 15 is 0 Å². The molecule has 172 valence electrons. The predicted octanol–water partition coefficient (Wildman–Crippen LogP) is 3.97. The van der Waals surface area contributed by atoms with Crippen molar-refractivity contribution in [1.29, 1.82) is 0 Å². The van der Waals surface area contributed by atoms with Gasteiger partial charge in [0.1, 0.15) is 12.3 Å². The Morgan fingerprint density at radius 2 is 1.67 bits per heavy atom. The first kappa shape index (κ1) is 24.0. The number of anilines is 1. The van der Waals surface area contributed by atoms with E-state index < -0.39 is 22.5 Å². The Morgan fingerprint density at radius 3 is 2.30 bits per heavy atom. The summed E-state index contributed by atoms with van der Waals surface area (Å²) in [5, 5.41) is 3.96. The van der Waals surface area contributed by atoms with Crippen molar-refractivity contribution in [2.45, 2.75) is 25.7 Å². The minimum Gasteiger partial charge on any atom is -0.497 e. The highest BCUT2D eigenvalue weighted by molar-refractivity contribution is 7.92. The Labute approximate surface area is 194 Å². The second-order valence-electron chi connectivity index (χ2n) is 7.61. The molecule has 0 aliphatic carbocycles. The normalized spacial score (nSPS) is 11.4. The van der Waals surface area contributed by atoms with E-state index in [0.29, 0.717) is 11.4 Å². The lowest BCUT2D eigenvalue weighted by molar-refractivity contribution is -0.119. The molecule has 0 spiro atoms.